The lowest BCUT2D eigenvalue weighted by atomic mass is 10.2. The van der Waals surface area contributed by atoms with Gasteiger partial charge in [0.1, 0.15) is 5.75 Å². The number of nitrogen functional groups attached to an aromatic ring is 1. The van der Waals surface area contributed by atoms with Gasteiger partial charge < -0.3 is 15.1 Å². The predicted octanol–water partition coefficient (Wildman–Crippen LogP) is 2.01. The van der Waals surface area contributed by atoms with Crippen molar-refractivity contribution < 1.29 is 4.74 Å². The largest absolute Gasteiger partial charge is 0.497 e. The van der Waals surface area contributed by atoms with Gasteiger partial charge in [-0.15, -0.1) is 0 Å². The fourth-order valence-electron chi connectivity index (χ4n) is 1.83. The molecule has 1 aromatic heterocycles. The lowest BCUT2D eigenvalue weighted by Crippen LogP contribution is -2.17. The van der Waals surface area contributed by atoms with E-state index in [1.165, 1.54) is 0 Å². The first-order valence-corrected chi connectivity index (χ1v) is 5.99. The molecule has 0 aliphatic heterocycles. The SMILES string of the molecule is COc1ccc(N(C)Cc2cc(NN)ccn2)cc1. The Labute approximate surface area is 113 Å². The summed E-state index contributed by atoms with van der Waals surface area (Å²) in [7, 11) is 3.68. The molecule has 0 bridgehead atoms. The second kappa shape index (κ2) is 6.06. The van der Waals surface area contributed by atoms with Gasteiger partial charge in [-0.25, -0.2) is 0 Å². The quantitative estimate of drug-likeness (QED) is 0.634. The number of hydrogen-bond acceptors (Lipinski definition) is 5. The van der Waals surface area contributed by atoms with Crippen molar-refractivity contribution in [2.24, 2.45) is 5.84 Å². The molecule has 0 aliphatic carbocycles. The van der Waals surface area contributed by atoms with Crippen molar-refractivity contribution in [2.75, 3.05) is 24.5 Å². The number of anilines is 2. The first kappa shape index (κ1) is 13.2. The minimum Gasteiger partial charge on any atom is -0.497 e. The van der Waals surface area contributed by atoms with E-state index in [9.17, 15) is 0 Å². The second-order valence-corrected chi connectivity index (χ2v) is 4.23. The number of rotatable bonds is 5. The van der Waals surface area contributed by atoms with E-state index in [-0.39, 0.29) is 0 Å². The molecule has 0 atom stereocenters. The van der Waals surface area contributed by atoms with Gasteiger partial charge in [-0.2, -0.15) is 0 Å². The van der Waals surface area contributed by atoms with Crippen molar-refractivity contribution in [3.8, 4) is 5.75 Å². The molecule has 0 amide bonds. The topological polar surface area (TPSA) is 63.4 Å². The molecular weight excluding hydrogens is 240 g/mol. The Morgan fingerprint density at radius 2 is 2.00 bits per heavy atom. The average Bonchev–Trinajstić information content (AvgIpc) is 2.47. The third kappa shape index (κ3) is 3.35. The molecule has 1 aromatic carbocycles. The Kier molecular flexibility index (Phi) is 4.20. The van der Waals surface area contributed by atoms with Crippen molar-refractivity contribution in [3.05, 3.63) is 48.3 Å². The number of nitrogens with two attached hydrogens (primary N) is 1. The van der Waals surface area contributed by atoms with Crippen molar-refractivity contribution in [1.29, 1.82) is 0 Å². The number of benzene rings is 1. The van der Waals surface area contributed by atoms with Crippen LogP contribution in [-0.4, -0.2) is 19.1 Å². The highest BCUT2D eigenvalue weighted by atomic mass is 16.5. The molecule has 100 valence electrons. The van der Waals surface area contributed by atoms with E-state index in [4.69, 9.17) is 10.6 Å². The predicted molar refractivity (Wildman–Crippen MR) is 77.1 cm³/mol. The maximum atomic E-state index is 5.39. The third-order valence-electron chi connectivity index (χ3n) is 2.90. The summed E-state index contributed by atoms with van der Waals surface area (Å²) in [5, 5.41) is 0. The van der Waals surface area contributed by atoms with Gasteiger partial charge in [0.2, 0.25) is 0 Å². The van der Waals surface area contributed by atoms with Crippen LogP contribution in [0, 0.1) is 0 Å². The number of aromatic nitrogens is 1. The molecule has 5 nitrogen and oxygen atoms in total. The summed E-state index contributed by atoms with van der Waals surface area (Å²) in [5.41, 5.74) is 5.53. The van der Waals surface area contributed by atoms with Crippen LogP contribution in [0.1, 0.15) is 5.69 Å². The lowest BCUT2D eigenvalue weighted by molar-refractivity contribution is 0.415. The summed E-state index contributed by atoms with van der Waals surface area (Å²) in [6.07, 6.45) is 1.74. The molecule has 1 heterocycles. The summed E-state index contributed by atoms with van der Waals surface area (Å²) in [6, 6.07) is 11.7. The number of hydrogen-bond donors (Lipinski definition) is 2. The van der Waals surface area contributed by atoms with E-state index in [0.717, 1.165) is 22.8 Å². The maximum Gasteiger partial charge on any atom is 0.119 e. The molecule has 0 aliphatic rings. The number of nitrogens with zero attached hydrogens (tertiary/aromatic N) is 2. The Hall–Kier alpha value is -2.27. The molecule has 2 rings (SSSR count). The average molecular weight is 258 g/mol. The summed E-state index contributed by atoms with van der Waals surface area (Å²) >= 11 is 0. The molecule has 0 saturated carbocycles. The standard InChI is InChI=1S/C14H18N4O/c1-18(13-3-5-14(19-2)6-4-13)10-12-9-11(17-15)7-8-16-12/h3-9H,10,15H2,1-2H3,(H,16,17). The van der Waals surface area contributed by atoms with Gasteiger partial charge in [0.05, 0.1) is 25.0 Å². The van der Waals surface area contributed by atoms with Crippen molar-refractivity contribution in [2.45, 2.75) is 6.54 Å². The fraction of sp³-hybridized carbons (Fsp3) is 0.214. The van der Waals surface area contributed by atoms with Crippen LogP contribution in [0.5, 0.6) is 5.75 Å². The summed E-state index contributed by atoms with van der Waals surface area (Å²) < 4.78 is 5.14. The van der Waals surface area contributed by atoms with E-state index in [1.807, 2.05) is 43.4 Å². The Morgan fingerprint density at radius 1 is 1.26 bits per heavy atom. The van der Waals surface area contributed by atoms with Gasteiger partial charge in [-0.3, -0.25) is 10.8 Å². The van der Waals surface area contributed by atoms with E-state index in [0.29, 0.717) is 6.54 Å². The van der Waals surface area contributed by atoms with Crippen LogP contribution in [0.15, 0.2) is 42.6 Å². The summed E-state index contributed by atoms with van der Waals surface area (Å²) in [4.78, 5) is 6.44. The number of ether oxygens (including phenoxy) is 1. The number of pyridine rings is 1. The molecular formula is C14H18N4O. The molecule has 0 spiro atoms. The molecule has 5 heteroatoms. The minimum absolute atomic E-state index is 0.710. The minimum atomic E-state index is 0.710. The Morgan fingerprint density at radius 3 is 2.63 bits per heavy atom. The smallest absolute Gasteiger partial charge is 0.119 e. The molecule has 3 N–H and O–H groups in total. The van der Waals surface area contributed by atoms with Crippen molar-refractivity contribution >= 4 is 11.4 Å². The van der Waals surface area contributed by atoms with Gasteiger partial charge in [0.25, 0.3) is 0 Å². The van der Waals surface area contributed by atoms with Gasteiger partial charge >= 0.3 is 0 Å². The molecule has 0 fully saturated rings. The van der Waals surface area contributed by atoms with Gasteiger partial charge in [0.15, 0.2) is 0 Å². The normalized spacial score (nSPS) is 10.1. The van der Waals surface area contributed by atoms with E-state index in [2.05, 4.69) is 15.3 Å². The molecule has 2 aromatic rings. The van der Waals surface area contributed by atoms with Gasteiger partial charge in [0, 0.05) is 18.9 Å². The van der Waals surface area contributed by atoms with E-state index < -0.39 is 0 Å². The van der Waals surface area contributed by atoms with Crippen LogP contribution in [-0.2, 0) is 6.54 Å². The molecule has 0 saturated heterocycles. The molecule has 19 heavy (non-hydrogen) atoms. The van der Waals surface area contributed by atoms with Crippen molar-refractivity contribution in [1.82, 2.24) is 4.98 Å². The highest BCUT2D eigenvalue weighted by molar-refractivity contribution is 5.49. The fourth-order valence-corrected chi connectivity index (χ4v) is 1.83. The number of methoxy groups -OCH3 is 1. The highest BCUT2D eigenvalue weighted by Crippen LogP contribution is 2.19. The second-order valence-electron chi connectivity index (χ2n) is 4.23. The number of hydrazine groups is 1. The van der Waals surface area contributed by atoms with Crippen LogP contribution < -0.4 is 20.9 Å². The molecule has 0 unspecified atom stereocenters. The van der Waals surface area contributed by atoms with Crippen LogP contribution in [0.3, 0.4) is 0 Å². The Bertz CT molecular complexity index is 527. The van der Waals surface area contributed by atoms with E-state index in [1.54, 1.807) is 13.3 Å². The van der Waals surface area contributed by atoms with Crippen LogP contribution in [0.4, 0.5) is 11.4 Å². The molecule has 0 radical (unpaired) electrons. The van der Waals surface area contributed by atoms with Gasteiger partial charge in [-0.05, 0) is 36.4 Å². The Balaban J connectivity index is 2.08. The zero-order valence-corrected chi connectivity index (χ0v) is 11.1. The zero-order chi connectivity index (χ0) is 13.7. The lowest BCUT2D eigenvalue weighted by Gasteiger charge is -2.19. The summed E-state index contributed by atoms with van der Waals surface area (Å²) in [6.45, 7) is 0.710. The first-order chi connectivity index (χ1) is 9.22. The zero-order valence-electron chi connectivity index (χ0n) is 11.1. The van der Waals surface area contributed by atoms with Gasteiger partial charge in [-0.1, -0.05) is 0 Å². The monoisotopic (exact) mass is 258 g/mol. The van der Waals surface area contributed by atoms with Crippen molar-refractivity contribution in [3.63, 3.8) is 0 Å². The van der Waals surface area contributed by atoms with Crippen LogP contribution >= 0.6 is 0 Å². The first-order valence-electron chi connectivity index (χ1n) is 5.99. The van der Waals surface area contributed by atoms with E-state index >= 15 is 0 Å². The maximum absolute atomic E-state index is 5.39. The number of nitrogens with one attached hydrogen (secondary N) is 1. The van der Waals surface area contributed by atoms with Crippen LogP contribution in [0.25, 0.3) is 0 Å². The highest BCUT2D eigenvalue weighted by Gasteiger charge is 2.04. The van der Waals surface area contributed by atoms with Crippen LogP contribution in [0.2, 0.25) is 0 Å². The summed E-state index contributed by atoms with van der Waals surface area (Å²) in [5.74, 6) is 6.24. The third-order valence-corrected chi connectivity index (χ3v) is 2.90.